The third kappa shape index (κ3) is 8.41. The third-order valence-electron chi connectivity index (χ3n) is 10.9. The first-order valence-electron chi connectivity index (χ1n) is 18.0. The molecule has 0 aliphatic heterocycles. The van der Waals surface area contributed by atoms with Crippen LogP contribution in [0.15, 0.2) is 84.1 Å². The molecule has 0 unspecified atom stereocenters. The van der Waals surface area contributed by atoms with Crippen LogP contribution < -0.4 is 0 Å². The number of aliphatic hydroxyl groups is 1. The van der Waals surface area contributed by atoms with E-state index in [2.05, 4.69) is 99.8 Å². The third-order valence-corrected chi connectivity index (χ3v) is 13.2. The minimum Gasteiger partial charge on any atom is -0.512 e. The van der Waals surface area contributed by atoms with Crippen molar-refractivity contribution in [1.82, 2.24) is 4.98 Å². The fraction of sp³-hybridized carbons (Fsp3) is 0.378. The number of carbonyl (C=O) groups is 1. The summed E-state index contributed by atoms with van der Waals surface area (Å²) in [6.45, 7) is 21.1. The smallest absolute Gasteiger partial charge is 0.164 e. The van der Waals surface area contributed by atoms with Crippen LogP contribution in [0.2, 0.25) is 0 Å². The standard InChI is InChI=1S/C30H24NS2.C15H28O2.Ir/c1-18-17-32-26-10-9-20(14-24(18)26)27-16-21-11-12-31-28(29(21)33-27)22-13-19-7-5-6-8-23(19)25(15-22)30(2,3)4;1-7-14(5,8-2)12(16)11-13(17)15(6,9-3)10-4;/h5-12,14-17H,1-4H3;11,16H,7-10H2,1-6H3;/q-1;;/b;12-11-;. The first-order valence-corrected chi connectivity index (χ1v) is 19.7. The molecule has 51 heavy (non-hydrogen) atoms. The maximum absolute atomic E-state index is 12.2. The summed E-state index contributed by atoms with van der Waals surface area (Å²) >= 11 is 3.64. The number of allylic oxidation sites excluding steroid dienone is 2. The molecule has 6 heteroatoms. The van der Waals surface area contributed by atoms with Crippen LogP contribution in [0.3, 0.4) is 0 Å². The number of fused-ring (bicyclic) bond motifs is 3. The van der Waals surface area contributed by atoms with Gasteiger partial charge in [0.05, 0.1) is 0 Å². The summed E-state index contributed by atoms with van der Waals surface area (Å²) in [5, 5.41) is 17.4. The fourth-order valence-corrected chi connectivity index (χ4v) is 8.35. The summed E-state index contributed by atoms with van der Waals surface area (Å²) in [6, 6.07) is 25.8. The topological polar surface area (TPSA) is 50.2 Å². The predicted molar refractivity (Wildman–Crippen MR) is 219 cm³/mol. The largest absolute Gasteiger partial charge is 0.512 e. The van der Waals surface area contributed by atoms with Gasteiger partial charge in [0.25, 0.3) is 0 Å². The van der Waals surface area contributed by atoms with E-state index in [9.17, 15) is 9.90 Å². The fourth-order valence-electron chi connectivity index (χ4n) is 6.27. The number of hydrogen-bond acceptors (Lipinski definition) is 5. The number of hydrogen-bond donors (Lipinski definition) is 1. The van der Waals surface area contributed by atoms with Crippen LogP contribution >= 0.6 is 22.7 Å². The van der Waals surface area contributed by atoms with Crippen LogP contribution in [-0.4, -0.2) is 15.9 Å². The summed E-state index contributed by atoms with van der Waals surface area (Å²) in [7, 11) is 0. The molecule has 0 fully saturated rings. The average Bonchev–Trinajstić information content (AvgIpc) is 3.73. The van der Waals surface area contributed by atoms with Crippen molar-refractivity contribution in [2.75, 3.05) is 0 Å². The molecule has 0 aliphatic rings. The van der Waals surface area contributed by atoms with E-state index in [-0.39, 0.29) is 47.9 Å². The van der Waals surface area contributed by atoms with Gasteiger partial charge in [-0.1, -0.05) is 97.5 Å². The van der Waals surface area contributed by atoms with E-state index in [1.165, 1.54) is 53.2 Å². The maximum atomic E-state index is 12.2. The second kappa shape index (κ2) is 16.3. The number of nitrogens with zero attached hydrogens (tertiary/aromatic N) is 1. The molecule has 271 valence electrons. The van der Waals surface area contributed by atoms with Crippen LogP contribution in [-0.2, 0) is 30.3 Å². The van der Waals surface area contributed by atoms with Crippen LogP contribution in [0.1, 0.15) is 99.1 Å². The first-order chi connectivity index (χ1) is 23.7. The SMILES string of the molecule is CCC(C)(CC)C(=O)/C=C(\O)C(C)(CC)CC.Cc1csc2ccc(-c3cc4ccnc(-c5[c-]c6ccccc6c(C(C)(C)C)c5)c4s3)cc12.[Ir]. The normalized spacial score (nSPS) is 12.5. The molecular weight excluding hydrogens is 843 g/mol. The molecule has 3 aromatic heterocycles. The molecule has 3 heterocycles. The monoisotopic (exact) mass is 895 g/mol. The maximum Gasteiger partial charge on any atom is 0.164 e. The van der Waals surface area contributed by atoms with Gasteiger partial charge in [-0.15, -0.1) is 51.8 Å². The minimum atomic E-state index is -0.337. The van der Waals surface area contributed by atoms with Gasteiger partial charge in [0.15, 0.2) is 5.78 Å². The van der Waals surface area contributed by atoms with Crippen LogP contribution in [0, 0.1) is 23.8 Å². The molecule has 1 N–H and O–H groups in total. The number of carbonyl (C=O) groups excluding carboxylic acids is 1. The van der Waals surface area contributed by atoms with Crippen LogP contribution in [0.5, 0.6) is 0 Å². The summed E-state index contributed by atoms with van der Waals surface area (Å²) in [4.78, 5) is 18.3. The van der Waals surface area contributed by atoms with Crippen molar-refractivity contribution in [2.24, 2.45) is 10.8 Å². The van der Waals surface area contributed by atoms with Gasteiger partial charge in [-0.25, -0.2) is 0 Å². The predicted octanol–water partition coefficient (Wildman–Crippen LogP) is 14.1. The molecule has 3 aromatic carbocycles. The van der Waals surface area contributed by atoms with Gasteiger partial charge in [0.2, 0.25) is 0 Å². The molecule has 0 bridgehead atoms. The van der Waals surface area contributed by atoms with E-state index >= 15 is 0 Å². The van der Waals surface area contributed by atoms with Crippen molar-refractivity contribution in [1.29, 1.82) is 0 Å². The van der Waals surface area contributed by atoms with Crippen molar-refractivity contribution < 1.29 is 30.0 Å². The van der Waals surface area contributed by atoms with Crippen molar-refractivity contribution in [3.8, 4) is 21.7 Å². The van der Waals surface area contributed by atoms with E-state index in [0.717, 1.165) is 42.3 Å². The molecule has 0 saturated carbocycles. The summed E-state index contributed by atoms with van der Waals surface area (Å²) in [6.07, 6.45) is 6.69. The Morgan fingerprint density at radius 1 is 0.863 bits per heavy atom. The zero-order chi connectivity index (χ0) is 36.4. The Labute approximate surface area is 326 Å². The number of benzene rings is 3. The Balaban J connectivity index is 0.000000279. The van der Waals surface area contributed by atoms with Gasteiger partial charge in [-0.3, -0.25) is 9.78 Å². The number of pyridine rings is 1. The molecule has 0 spiro atoms. The van der Waals surface area contributed by atoms with Crippen LogP contribution in [0.4, 0.5) is 0 Å². The second-order valence-electron chi connectivity index (χ2n) is 15.1. The minimum absolute atomic E-state index is 0. The molecule has 0 saturated heterocycles. The van der Waals surface area contributed by atoms with Crippen molar-refractivity contribution in [2.45, 2.75) is 100 Å². The van der Waals surface area contributed by atoms with E-state index in [1.807, 2.05) is 70.4 Å². The molecular formula is C45H52IrNO2S2-. The van der Waals surface area contributed by atoms with Crippen molar-refractivity contribution in [3.63, 3.8) is 0 Å². The van der Waals surface area contributed by atoms with Crippen molar-refractivity contribution in [3.05, 3.63) is 101 Å². The van der Waals surface area contributed by atoms with E-state index in [1.54, 1.807) is 0 Å². The van der Waals surface area contributed by atoms with Gasteiger partial charge < -0.3 is 5.11 Å². The number of aromatic nitrogens is 1. The molecule has 0 amide bonds. The molecule has 3 nitrogen and oxygen atoms in total. The van der Waals surface area contributed by atoms with Gasteiger partial charge in [0, 0.05) is 63.2 Å². The number of rotatable bonds is 9. The summed E-state index contributed by atoms with van der Waals surface area (Å²) in [5.74, 6) is 0.286. The molecule has 0 atom stereocenters. The number of aryl methyl sites for hydroxylation is 1. The molecule has 0 aliphatic carbocycles. The number of aliphatic hydroxyl groups excluding tert-OH is 1. The van der Waals surface area contributed by atoms with E-state index in [4.69, 9.17) is 4.98 Å². The Hall–Kier alpha value is -3.15. The molecule has 6 aromatic rings. The average molecular weight is 895 g/mol. The Morgan fingerprint density at radius 2 is 1.53 bits per heavy atom. The van der Waals surface area contributed by atoms with Gasteiger partial charge in [-0.2, -0.15) is 0 Å². The quantitative estimate of drug-likeness (QED) is 0.0894. The number of ketones is 1. The Bertz CT molecular complexity index is 2170. The van der Waals surface area contributed by atoms with Crippen molar-refractivity contribution >= 4 is 59.4 Å². The van der Waals surface area contributed by atoms with Crippen LogP contribution in [0.25, 0.3) is 52.6 Å². The molecule has 6 rings (SSSR count). The summed E-state index contributed by atoms with van der Waals surface area (Å²) < 4.78 is 2.57. The van der Waals surface area contributed by atoms with E-state index < -0.39 is 0 Å². The Morgan fingerprint density at radius 3 is 2.18 bits per heavy atom. The molecule has 1 radical (unpaired) electrons. The zero-order valence-corrected chi connectivity index (χ0v) is 35.8. The Kier molecular flexibility index (Phi) is 12.9. The summed E-state index contributed by atoms with van der Waals surface area (Å²) in [5.41, 5.74) is 5.48. The van der Waals surface area contributed by atoms with Gasteiger partial charge in [0.1, 0.15) is 5.76 Å². The van der Waals surface area contributed by atoms with Gasteiger partial charge in [-0.05, 0) is 89.6 Å². The zero-order valence-electron chi connectivity index (χ0n) is 31.8. The number of thiophene rings is 2. The van der Waals surface area contributed by atoms with Gasteiger partial charge >= 0.3 is 0 Å². The first kappa shape index (κ1) is 40.6. The second-order valence-corrected chi connectivity index (χ2v) is 17.1. The van der Waals surface area contributed by atoms with E-state index in [0.29, 0.717) is 0 Å².